The molecule has 0 bridgehead atoms. The number of nitrogens with zero attached hydrogens (tertiary/aromatic N) is 3. The Hall–Kier alpha value is -3.52. The fourth-order valence-electron chi connectivity index (χ4n) is 3.34. The minimum Gasteiger partial charge on any atom is -0.454 e. The second-order valence-electron chi connectivity index (χ2n) is 8.83. The fraction of sp³-hybridized carbons (Fsp3) is 0.292. The molecular weight excluding hydrogens is 444 g/mol. The first-order valence-corrected chi connectivity index (χ1v) is 10.8. The number of benzene rings is 2. The number of carbonyl (C=O) groups is 2. The zero-order chi connectivity index (χ0) is 23.8. The molecule has 0 fully saturated rings. The number of ether oxygens (including phenoxy) is 2. The van der Waals surface area contributed by atoms with Gasteiger partial charge in [-0.15, -0.1) is 0 Å². The summed E-state index contributed by atoms with van der Waals surface area (Å²) in [6.45, 7) is 6.13. The number of aromatic nitrogens is 2. The third-order valence-electron chi connectivity index (χ3n) is 5.16. The third kappa shape index (κ3) is 4.96. The highest BCUT2D eigenvalue weighted by Crippen LogP contribution is 2.33. The van der Waals surface area contributed by atoms with E-state index in [-0.39, 0.29) is 30.6 Å². The number of halogens is 1. The number of hydrogen-bond donors (Lipinski definition) is 1. The number of rotatable bonds is 5. The average molecular weight is 469 g/mol. The van der Waals surface area contributed by atoms with Crippen LogP contribution in [-0.2, 0) is 10.2 Å². The van der Waals surface area contributed by atoms with Gasteiger partial charge in [-0.1, -0.05) is 32.4 Å². The van der Waals surface area contributed by atoms with Crippen LogP contribution >= 0.6 is 11.6 Å². The molecule has 172 valence electrons. The smallest absolute Gasteiger partial charge is 0.254 e. The molecule has 8 nitrogen and oxygen atoms in total. The summed E-state index contributed by atoms with van der Waals surface area (Å²) in [4.78, 5) is 27.0. The van der Waals surface area contributed by atoms with Crippen LogP contribution in [-0.4, -0.2) is 46.9 Å². The molecule has 0 spiro atoms. The first-order valence-electron chi connectivity index (χ1n) is 10.4. The Kier molecular flexibility index (Phi) is 6.03. The van der Waals surface area contributed by atoms with Crippen LogP contribution in [0.25, 0.3) is 5.69 Å². The van der Waals surface area contributed by atoms with Crippen LogP contribution in [0.5, 0.6) is 11.5 Å². The van der Waals surface area contributed by atoms with Crippen LogP contribution in [0.1, 0.15) is 36.8 Å². The minimum atomic E-state index is -0.345. The Bertz CT molecular complexity index is 1200. The van der Waals surface area contributed by atoms with Crippen LogP contribution in [0.15, 0.2) is 48.5 Å². The molecule has 2 amide bonds. The maximum atomic E-state index is 12.8. The van der Waals surface area contributed by atoms with Gasteiger partial charge in [0.2, 0.25) is 12.7 Å². The molecule has 1 aliphatic heterocycles. The van der Waals surface area contributed by atoms with Gasteiger partial charge in [0.15, 0.2) is 11.5 Å². The van der Waals surface area contributed by atoms with Gasteiger partial charge < -0.3 is 19.7 Å². The second-order valence-corrected chi connectivity index (χ2v) is 9.27. The van der Waals surface area contributed by atoms with Crippen molar-refractivity contribution in [2.45, 2.75) is 26.2 Å². The number of carbonyl (C=O) groups excluding carboxylic acids is 2. The molecule has 0 aliphatic carbocycles. The molecule has 3 aromatic rings. The fourth-order valence-corrected chi connectivity index (χ4v) is 3.46. The van der Waals surface area contributed by atoms with Crippen LogP contribution in [0.3, 0.4) is 0 Å². The monoisotopic (exact) mass is 468 g/mol. The average Bonchev–Trinajstić information content (AvgIpc) is 3.40. The Morgan fingerprint density at radius 1 is 1.09 bits per heavy atom. The summed E-state index contributed by atoms with van der Waals surface area (Å²) in [5.74, 6) is 0.973. The Morgan fingerprint density at radius 3 is 2.48 bits per heavy atom. The van der Waals surface area contributed by atoms with Gasteiger partial charge >= 0.3 is 0 Å². The van der Waals surface area contributed by atoms with Crippen molar-refractivity contribution in [3.8, 4) is 17.2 Å². The van der Waals surface area contributed by atoms with Gasteiger partial charge in [-0.2, -0.15) is 5.10 Å². The summed E-state index contributed by atoms with van der Waals surface area (Å²) in [6.07, 6.45) is 0. The molecule has 0 unspecified atom stereocenters. The van der Waals surface area contributed by atoms with E-state index in [9.17, 15) is 9.59 Å². The molecule has 33 heavy (non-hydrogen) atoms. The minimum absolute atomic E-state index is 0.128. The highest BCUT2D eigenvalue weighted by molar-refractivity contribution is 6.30. The van der Waals surface area contributed by atoms with Crippen molar-refractivity contribution in [1.29, 1.82) is 0 Å². The summed E-state index contributed by atoms with van der Waals surface area (Å²) in [7, 11) is 1.57. The zero-order valence-corrected chi connectivity index (χ0v) is 19.6. The number of nitrogens with one attached hydrogen (secondary N) is 1. The van der Waals surface area contributed by atoms with Gasteiger partial charge in [-0.05, 0) is 42.5 Å². The topological polar surface area (TPSA) is 85.7 Å². The molecule has 1 aliphatic rings. The predicted molar refractivity (Wildman–Crippen MR) is 125 cm³/mol. The number of amides is 2. The highest BCUT2D eigenvalue weighted by Gasteiger charge is 2.23. The normalized spacial score (nSPS) is 12.5. The van der Waals surface area contributed by atoms with E-state index in [0.717, 1.165) is 11.4 Å². The molecular formula is C24H25ClN4O4. The SMILES string of the molecule is CN(CC(=O)Nc1cc(C(C)(C)C)nn1-c1ccc(Cl)cc1)C(=O)c1ccc2c(c1)OCO2. The van der Waals surface area contributed by atoms with Crippen LogP contribution in [0.2, 0.25) is 5.02 Å². The Morgan fingerprint density at radius 2 is 1.79 bits per heavy atom. The van der Waals surface area contributed by atoms with Crippen LogP contribution in [0, 0.1) is 0 Å². The third-order valence-corrected chi connectivity index (χ3v) is 5.42. The number of fused-ring (bicyclic) bond motifs is 1. The van der Waals surface area contributed by atoms with E-state index in [1.807, 2.05) is 39.0 Å². The maximum absolute atomic E-state index is 12.8. The van der Waals surface area contributed by atoms with E-state index in [0.29, 0.717) is 27.9 Å². The van der Waals surface area contributed by atoms with E-state index in [1.165, 1.54) is 4.90 Å². The molecule has 0 atom stereocenters. The van der Waals surface area contributed by atoms with E-state index < -0.39 is 0 Å². The zero-order valence-electron chi connectivity index (χ0n) is 18.9. The lowest BCUT2D eigenvalue weighted by atomic mass is 9.92. The highest BCUT2D eigenvalue weighted by atomic mass is 35.5. The number of anilines is 1. The first kappa shape index (κ1) is 22.7. The van der Waals surface area contributed by atoms with Gasteiger partial charge in [-0.3, -0.25) is 9.59 Å². The quantitative estimate of drug-likeness (QED) is 0.604. The molecule has 1 aromatic heterocycles. The van der Waals surface area contributed by atoms with Crippen molar-refractivity contribution in [2.24, 2.45) is 0 Å². The molecule has 0 saturated heterocycles. The van der Waals surface area contributed by atoms with Gasteiger partial charge in [0.25, 0.3) is 5.91 Å². The lowest BCUT2D eigenvalue weighted by molar-refractivity contribution is -0.116. The summed E-state index contributed by atoms with van der Waals surface area (Å²) >= 11 is 6.02. The van der Waals surface area contributed by atoms with E-state index in [2.05, 4.69) is 10.4 Å². The molecule has 1 N–H and O–H groups in total. The largest absolute Gasteiger partial charge is 0.454 e. The van der Waals surface area contributed by atoms with Gasteiger partial charge in [-0.25, -0.2) is 4.68 Å². The van der Waals surface area contributed by atoms with Crippen molar-refractivity contribution >= 4 is 29.2 Å². The van der Waals surface area contributed by atoms with Gasteiger partial charge in [0.05, 0.1) is 17.9 Å². The Balaban J connectivity index is 1.51. The molecule has 0 saturated carbocycles. The standard InChI is InChI=1S/C24H25ClN4O4/c1-24(2,3)20-12-21(29(27-20)17-8-6-16(25)7-9-17)26-22(30)13-28(4)23(31)15-5-10-18-19(11-15)33-14-32-18/h5-12H,13-14H2,1-4H3,(H,26,30). The van der Waals surface area contributed by atoms with Crippen LogP contribution in [0.4, 0.5) is 5.82 Å². The van der Waals surface area contributed by atoms with Crippen LogP contribution < -0.4 is 14.8 Å². The molecule has 2 heterocycles. The van der Waals surface area contributed by atoms with Crippen molar-refractivity contribution in [3.63, 3.8) is 0 Å². The van der Waals surface area contributed by atoms with Gasteiger partial charge in [0.1, 0.15) is 5.82 Å². The predicted octanol–water partition coefficient (Wildman–Crippen LogP) is 4.26. The van der Waals surface area contributed by atoms with Crippen molar-refractivity contribution in [1.82, 2.24) is 14.7 Å². The summed E-state index contributed by atoms with van der Waals surface area (Å²) in [5.41, 5.74) is 1.77. The lowest BCUT2D eigenvalue weighted by Gasteiger charge is -2.17. The molecule has 2 aromatic carbocycles. The molecule has 0 radical (unpaired) electrons. The maximum Gasteiger partial charge on any atom is 0.254 e. The van der Waals surface area contributed by atoms with Crippen molar-refractivity contribution < 1.29 is 19.1 Å². The van der Waals surface area contributed by atoms with E-state index in [4.69, 9.17) is 21.1 Å². The van der Waals surface area contributed by atoms with Crippen molar-refractivity contribution in [2.75, 3.05) is 25.7 Å². The summed E-state index contributed by atoms with van der Waals surface area (Å²) < 4.78 is 12.3. The van der Waals surface area contributed by atoms with E-state index >= 15 is 0 Å². The second kappa shape index (κ2) is 8.78. The van der Waals surface area contributed by atoms with Gasteiger partial charge in [0, 0.05) is 29.1 Å². The molecule has 4 rings (SSSR count). The number of likely N-dealkylation sites (N-methyl/N-ethyl adjacent to an activating group) is 1. The molecule has 9 heteroatoms. The summed E-state index contributed by atoms with van der Waals surface area (Å²) in [5, 5.41) is 8.17. The number of hydrogen-bond acceptors (Lipinski definition) is 5. The summed E-state index contributed by atoms with van der Waals surface area (Å²) in [6, 6.07) is 14.0. The van der Waals surface area contributed by atoms with Crippen molar-refractivity contribution in [3.05, 3.63) is 64.8 Å². The lowest BCUT2D eigenvalue weighted by Crippen LogP contribution is -2.35. The first-order chi connectivity index (χ1) is 15.6. The Labute approximate surface area is 197 Å². The van der Waals surface area contributed by atoms with E-state index in [1.54, 1.807) is 42.1 Å².